The third-order valence-corrected chi connectivity index (χ3v) is 6.47. The van der Waals surface area contributed by atoms with Crippen LogP contribution >= 0.6 is 11.8 Å². The van der Waals surface area contributed by atoms with Gasteiger partial charge in [-0.3, -0.25) is 4.79 Å². The third kappa shape index (κ3) is 5.05. The lowest BCUT2D eigenvalue weighted by Gasteiger charge is -2.34. The molecule has 2 heterocycles. The molecule has 1 aromatic heterocycles. The predicted octanol–water partition coefficient (Wildman–Crippen LogP) is 2.84. The summed E-state index contributed by atoms with van der Waals surface area (Å²) in [6.07, 6.45) is 0. The molecule has 0 unspecified atom stereocenters. The van der Waals surface area contributed by atoms with E-state index in [1.54, 1.807) is 4.68 Å². The van der Waals surface area contributed by atoms with Crippen LogP contribution in [0.1, 0.15) is 12.5 Å². The first-order valence-electron chi connectivity index (χ1n) is 10.4. The number of nitrogens with zero attached hydrogens (tertiary/aromatic N) is 6. The Morgan fingerprint density at radius 3 is 2.48 bits per heavy atom. The molecule has 1 atom stereocenters. The number of nitrogens with one attached hydrogen (secondary N) is 1. The fourth-order valence-electron chi connectivity index (χ4n) is 3.48. The van der Waals surface area contributed by atoms with Gasteiger partial charge in [0.25, 0.3) is 0 Å². The number of thioether (sulfide) groups is 1. The fraction of sp³-hybridized carbons (Fsp3) is 0.364. The van der Waals surface area contributed by atoms with Crippen molar-refractivity contribution in [2.45, 2.75) is 24.3 Å². The van der Waals surface area contributed by atoms with Crippen LogP contribution < -0.4 is 10.2 Å². The Morgan fingerprint density at radius 1 is 1.06 bits per heavy atom. The van der Waals surface area contributed by atoms with Crippen molar-refractivity contribution in [1.82, 2.24) is 25.1 Å². The molecule has 162 valence electrons. The van der Waals surface area contributed by atoms with Gasteiger partial charge in [0.1, 0.15) is 0 Å². The number of para-hydroxylation sites is 1. The van der Waals surface area contributed by atoms with Crippen molar-refractivity contribution in [3.05, 3.63) is 54.1 Å². The van der Waals surface area contributed by atoms with Gasteiger partial charge in [0.2, 0.25) is 11.1 Å². The molecule has 0 bridgehead atoms. The summed E-state index contributed by atoms with van der Waals surface area (Å²) in [5, 5.41) is 15.2. The minimum absolute atomic E-state index is 0.0864. The van der Waals surface area contributed by atoms with Crippen molar-refractivity contribution in [1.29, 1.82) is 0 Å². The number of anilines is 2. The molecule has 3 aromatic rings. The Morgan fingerprint density at radius 2 is 1.77 bits per heavy atom. The number of amides is 1. The average Bonchev–Trinajstić information content (AvgIpc) is 3.23. The molecule has 0 saturated carbocycles. The van der Waals surface area contributed by atoms with E-state index >= 15 is 0 Å². The van der Waals surface area contributed by atoms with E-state index in [1.807, 2.05) is 50.2 Å². The standard InChI is InChI=1S/C22H27N7OS/c1-16-6-4-5-7-20(16)29-22(24-25-26-29)31-17(2)21(30)23-18-8-10-19(11-9-18)28-14-12-27(3)13-15-28/h4-11,17H,12-15H2,1-3H3,(H,23,30)/t17-/m1/s1. The molecule has 2 aromatic carbocycles. The molecule has 31 heavy (non-hydrogen) atoms. The molecule has 0 aliphatic carbocycles. The van der Waals surface area contributed by atoms with Gasteiger partial charge in [-0.25, -0.2) is 0 Å². The van der Waals surface area contributed by atoms with E-state index in [1.165, 1.54) is 17.4 Å². The van der Waals surface area contributed by atoms with Crippen LogP contribution in [-0.2, 0) is 4.79 Å². The third-order valence-electron chi connectivity index (χ3n) is 5.44. The summed E-state index contributed by atoms with van der Waals surface area (Å²) < 4.78 is 1.68. The Balaban J connectivity index is 1.38. The maximum absolute atomic E-state index is 12.8. The van der Waals surface area contributed by atoms with Crippen LogP contribution in [0.3, 0.4) is 0 Å². The number of rotatable bonds is 6. The van der Waals surface area contributed by atoms with Gasteiger partial charge in [0.05, 0.1) is 10.9 Å². The maximum atomic E-state index is 12.8. The topological polar surface area (TPSA) is 79.2 Å². The summed E-state index contributed by atoms with van der Waals surface area (Å²) in [4.78, 5) is 17.5. The number of carbonyl (C=O) groups excluding carboxylic acids is 1. The molecule has 1 aliphatic rings. The van der Waals surface area contributed by atoms with Gasteiger partial charge in [0, 0.05) is 37.6 Å². The molecule has 1 fully saturated rings. The first kappa shape index (κ1) is 21.3. The number of piperazine rings is 1. The molecule has 1 N–H and O–H groups in total. The molecule has 8 nitrogen and oxygen atoms in total. The van der Waals surface area contributed by atoms with Crippen LogP contribution in [0.2, 0.25) is 0 Å². The molecular formula is C22H27N7OS. The zero-order chi connectivity index (χ0) is 21.8. The Hall–Kier alpha value is -2.91. The van der Waals surface area contributed by atoms with Crippen molar-refractivity contribution in [2.24, 2.45) is 0 Å². The predicted molar refractivity (Wildman–Crippen MR) is 124 cm³/mol. The van der Waals surface area contributed by atoms with Gasteiger partial charge in [0.15, 0.2) is 0 Å². The van der Waals surface area contributed by atoms with E-state index in [9.17, 15) is 4.79 Å². The first-order chi connectivity index (χ1) is 15.0. The summed E-state index contributed by atoms with van der Waals surface area (Å²) in [5.74, 6) is -0.0864. The lowest BCUT2D eigenvalue weighted by atomic mass is 10.2. The summed E-state index contributed by atoms with van der Waals surface area (Å²) in [7, 11) is 2.15. The SMILES string of the molecule is Cc1ccccc1-n1nnnc1S[C@H](C)C(=O)Nc1ccc(N2CCN(C)CC2)cc1. The number of carbonyl (C=O) groups is 1. The zero-order valence-electron chi connectivity index (χ0n) is 18.0. The highest BCUT2D eigenvalue weighted by Gasteiger charge is 2.20. The minimum Gasteiger partial charge on any atom is -0.369 e. The first-order valence-corrected chi connectivity index (χ1v) is 11.2. The van der Waals surface area contributed by atoms with Gasteiger partial charge < -0.3 is 15.1 Å². The molecule has 9 heteroatoms. The fourth-order valence-corrected chi connectivity index (χ4v) is 4.28. The van der Waals surface area contributed by atoms with Crippen LogP contribution in [0.5, 0.6) is 0 Å². The van der Waals surface area contributed by atoms with Gasteiger partial charge >= 0.3 is 0 Å². The molecule has 0 spiro atoms. The monoisotopic (exact) mass is 437 g/mol. The second-order valence-corrected chi connectivity index (χ2v) is 9.05. The zero-order valence-corrected chi connectivity index (χ0v) is 18.8. The molecule has 1 aliphatic heterocycles. The highest BCUT2D eigenvalue weighted by atomic mass is 32.2. The van der Waals surface area contributed by atoms with Crippen LogP contribution in [-0.4, -0.2) is 69.5 Å². The van der Waals surface area contributed by atoms with Gasteiger partial charge in [-0.2, -0.15) is 4.68 Å². The van der Waals surface area contributed by atoms with Crippen LogP contribution in [0.4, 0.5) is 11.4 Å². The number of tetrazole rings is 1. The molecule has 1 saturated heterocycles. The van der Waals surface area contributed by atoms with Crippen LogP contribution in [0.25, 0.3) is 5.69 Å². The van der Waals surface area contributed by atoms with E-state index in [4.69, 9.17) is 0 Å². The van der Waals surface area contributed by atoms with Crippen molar-refractivity contribution in [3.63, 3.8) is 0 Å². The van der Waals surface area contributed by atoms with E-state index in [2.05, 4.69) is 49.8 Å². The van der Waals surface area contributed by atoms with E-state index < -0.39 is 0 Å². The number of aryl methyl sites for hydroxylation is 1. The highest BCUT2D eigenvalue weighted by molar-refractivity contribution is 8.00. The lowest BCUT2D eigenvalue weighted by molar-refractivity contribution is -0.115. The van der Waals surface area contributed by atoms with Gasteiger partial charge in [-0.05, 0) is 67.2 Å². The van der Waals surface area contributed by atoms with Crippen molar-refractivity contribution in [3.8, 4) is 5.69 Å². The second-order valence-electron chi connectivity index (χ2n) is 7.75. The van der Waals surface area contributed by atoms with Crippen molar-refractivity contribution in [2.75, 3.05) is 43.4 Å². The van der Waals surface area contributed by atoms with E-state index in [0.29, 0.717) is 5.16 Å². The maximum Gasteiger partial charge on any atom is 0.237 e. The number of hydrogen-bond donors (Lipinski definition) is 1. The smallest absolute Gasteiger partial charge is 0.237 e. The Labute approximate surface area is 186 Å². The molecule has 1 amide bonds. The normalized spacial score (nSPS) is 15.6. The number of benzene rings is 2. The number of likely N-dealkylation sites (N-methyl/N-ethyl adjacent to an activating group) is 1. The minimum atomic E-state index is -0.355. The Kier molecular flexibility index (Phi) is 6.53. The molecule has 4 rings (SSSR count). The summed E-state index contributed by atoms with van der Waals surface area (Å²) in [6.45, 7) is 8.03. The largest absolute Gasteiger partial charge is 0.369 e. The Bertz CT molecular complexity index is 1030. The van der Waals surface area contributed by atoms with Gasteiger partial charge in [-0.1, -0.05) is 30.0 Å². The van der Waals surface area contributed by atoms with E-state index in [0.717, 1.165) is 43.1 Å². The van der Waals surface area contributed by atoms with Gasteiger partial charge in [-0.15, -0.1) is 5.10 Å². The van der Waals surface area contributed by atoms with Crippen LogP contribution in [0.15, 0.2) is 53.7 Å². The highest BCUT2D eigenvalue weighted by Crippen LogP contribution is 2.25. The van der Waals surface area contributed by atoms with E-state index in [-0.39, 0.29) is 11.2 Å². The van der Waals surface area contributed by atoms with Crippen LogP contribution in [0, 0.1) is 6.92 Å². The molecular weight excluding hydrogens is 410 g/mol. The second kappa shape index (κ2) is 9.49. The summed E-state index contributed by atoms with van der Waals surface area (Å²) >= 11 is 1.34. The molecule has 0 radical (unpaired) electrons. The summed E-state index contributed by atoms with van der Waals surface area (Å²) in [6, 6.07) is 15.9. The lowest BCUT2D eigenvalue weighted by Crippen LogP contribution is -2.44. The van der Waals surface area contributed by atoms with Crippen molar-refractivity contribution >= 4 is 29.0 Å². The average molecular weight is 438 g/mol. The summed E-state index contributed by atoms with van der Waals surface area (Å²) in [5.41, 5.74) is 3.94. The quantitative estimate of drug-likeness (QED) is 0.594. The van der Waals surface area contributed by atoms with Crippen molar-refractivity contribution < 1.29 is 4.79 Å². The number of aromatic nitrogens is 4. The number of hydrogen-bond acceptors (Lipinski definition) is 7.